The molecule has 8 heteroatoms. The SMILES string of the molecule is C=C1/C(=C\C=C2/CCC[C@]3(C)[C@@H]([C@H](C)/C=C/[C@@H](O)C(C)(C)OC(=O)OCCC)CC[C@@H]23)C[C@@H](O[Si](C)(C)C(C)(C)C)C[C@@H]1O[Si](C)(C)C(C)(C)C. The second-order valence-electron chi connectivity index (χ2n) is 19.9. The summed E-state index contributed by atoms with van der Waals surface area (Å²) < 4.78 is 24.7. The van der Waals surface area contributed by atoms with Gasteiger partial charge in [-0.05, 0) is 129 Å². The standard InChI is InChI=1S/C43H76O6Si2/c1-17-27-46-39(45)47-42(10,11)38(44)25-20-30(2)35-23-24-36-32(19-18-26-43(35,36)12)21-22-33-28-34(48-50(13,14)40(4,5)6)29-37(31(33)3)49-51(15,16)41(7,8)9/h20-22,25,30,34-38,44H,3,17-19,23-24,26-29H2,1-2,4-16H3/b25-20+,32-21+,33-22-/t30-,34-,35-,36+,37+,38-,43-/m1/s1. The zero-order valence-electron chi connectivity index (χ0n) is 35.3. The van der Waals surface area contributed by atoms with Crippen molar-refractivity contribution in [2.24, 2.45) is 23.2 Å². The van der Waals surface area contributed by atoms with Crippen LogP contribution in [0.15, 0.2) is 47.6 Å². The molecule has 0 heterocycles. The molecule has 0 aromatic carbocycles. The second kappa shape index (κ2) is 16.5. The van der Waals surface area contributed by atoms with Crippen LogP contribution in [0.2, 0.25) is 36.3 Å². The van der Waals surface area contributed by atoms with E-state index in [1.807, 2.05) is 13.0 Å². The molecule has 0 spiro atoms. The molecule has 0 aromatic rings. The fourth-order valence-electron chi connectivity index (χ4n) is 8.04. The number of carbonyl (C=O) groups excluding carboxylic acids is 1. The third-order valence-corrected chi connectivity index (χ3v) is 22.5. The topological polar surface area (TPSA) is 74.2 Å². The minimum atomic E-state index is -2.02. The highest BCUT2D eigenvalue weighted by atomic mass is 28.4. The Morgan fingerprint density at radius 3 is 2.18 bits per heavy atom. The highest BCUT2D eigenvalue weighted by Gasteiger charge is 2.50. The number of allylic oxidation sites excluding steroid dienone is 4. The lowest BCUT2D eigenvalue weighted by Gasteiger charge is -2.45. The molecule has 0 amide bonds. The average molecular weight is 745 g/mol. The number of rotatable bonds is 12. The van der Waals surface area contributed by atoms with E-state index in [2.05, 4.69) is 106 Å². The first-order valence-corrected chi connectivity index (χ1v) is 25.7. The van der Waals surface area contributed by atoms with Gasteiger partial charge in [0.2, 0.25) is 0 Å². The molecule has 3 aliphatic carbocycles. The summed E-state index contributed by atoms with van der Waals surface area (Å²) in [6, 6.07) is 0. The van der Waals surface area contributed by atoms with Gasteiger partial charge in [0, 0.05) is 6.42 Å². The van der Waals surface area contributed by atoms with E-state index < -0.39 is 34.5 Å². The first-order valence-electron chi connectivity index (χ1n) is 19.9. The van der Waals surface area contributed by atoms with Gasteiger partial charge in [0.15, 0.2) is 16.6 Å². The van der Waals surface area contributed by atoms with Crippen molar-refractivity contribution < 1.29 is 28.2 Å². The smallest absolute Gasteiger partial charge is 0.434 e. The molecular formula is C43H76O6Si2. The van der Waals surface area contributed by atoms with E-state index in [0.29, 0.717) is 18.4 Å². The van der Waals surface area contributed by atoms with Crippen molar-refractivity contribution in [2.45, 2.75) is 188 Å². The summed E-state index contributed by atoms with van der Waals surface area (Å²) in [5.74, 6) is 1.34. The van der Waals surface area contributed by atoms with Crippen molar-refractivity contribution in [3.05, 3.63) is 47.6 Å². The minimum Gasteiger partial charge on any atom is -0.434 e. The number of hydrogen-bond acceptors (Lipinski definition) is 6. The number of aliphatic hydroxyl groups excluding tert-OH is 1. The van der Waals surface area contributed by atoms with Gasteiger partial charge in [-0.25, -0.2) is 4.79 Å². The van der Waals surface area contributed by atoms with Crippen molar-refractivity contribution in [3.63, 3.8) is 0 Å². The van der Waals surface area contributed by atoms with Crippen LogP contribution in [0.1, 0.15) is 128 Å². The molecule has 0 radical (unpaired) electrons. The van der Waals surface area contributed by atoms with E-state index in [-0.39, 0.29) is 33.6 Å². The van der Waals surface area contributed by atoms with Crippen molar-refractivity contribution in [1.82, 2.24) is 0 Å². The summed E-state index contributed by atoms with van der Waals surface area (Å²) in [5.41, 5.74) is 3.11. The van der Waals surface area contributed by atoms with Gasteiger partial charge < -0.3 is 23.4 Å². The summed E-state index contributed by atoms with van der Waals surface area (Å²) in [7, 11) is -4.00. The summed E-state index contributed by atoms with van der Waals surface area (Å²) in [5, 5.41) is 11.2. The van der Waals surface area contributed by atoms with Crippen LogP contribution in [0.25, 0.3) is 0 Å². The molecule has 3 fully saturated rings. The number of carbonyl (C=O) groups is 1. The van der Waals surface area contributed by atoms with Crippen LogP contribution < -0.4 is 0 Å². The molecule has 0 bridgehead atoms. The predicted octanol–water partition coefficient (Wildman–Crippen LogP) is 12.1. The van der Waals surface area contributed by atoms with Crippen LogP contribution in [-0.2, 0) is 18.3 Å². The molecule has 0 aromatic heterocycles. The van der Waals surface area contributed by atoms with Crippen LogP contribution >= 0.6 is 0 Å². The van der Waals surface area contributed by atoms with Crippen molar-refractivity contribution in [1.29, 1.82) is 0 Å². The third-order valence-electron chi connectivity index (χ3n) is 13.5. The second-order valence-corrected chi connectivity index (χ2v) is 29.4. The first kappa shape index (κ1) is 43.9. The van der Waals surface area contributed by atoms with E-state index >= 15 is 0 Å². The Hall–Kier alpha value is -1.46. The van der Waals surface area contributed by atoms with Crippen molar-refractivity contribution in [2.75, 3.05) is 6.61 Å². The van der Waals surface area contributed by atoms with E-state index in [0.717, 1.165) is 37.7 Å². The fraction of sp³-hybridized carbons (Fsp3) is 0.791. The van der Waals surface area contributed by atoms with Crippen LogP contribution in [0.5, 0.6) is 0 Å². The van der Waals surface area contributed by atoms with Gasteiger partial charge in [0.1, 0.15) is 11.7 Å². The van der Waals surface area contributed by atoms with E-state index in [9.17, 15) is 9.90 Å². The van der Waals surface area contributed by atoms with Crippen LogP contribution in [0.3, 0.4) is 0 Å². The molecule has 0 saturated heterocycles. The lowest BCUT2D eigenvalue weighted by molar-refractivity contribution is -0.0668. The Labute approximate surface area is 315 Å². The predicted molar refractivity (Wildman–Crippen MR) is 218 cm³/mol. The highest BCUT2D eigenvalue weighted by Crippen LogP contribution is 2.59. The lowest BCUT2D eigenvalue weighted by Crippen LogP contribution is -2.49. The Morgan fingerprint density at radius 1 is 0.980 bits per heavy atom. The molecule has 3 rings (SSSR count). The van der Waals surface area contributed by atoms with E-state index in [1.165, 1.54) is 24.8 Å². The average Bonchev–Trinajstić information content (AvgIpc) is 3.35. The zero-order chi connectivity index (χ0) is 38.8. The Balaban J connectivity index is 1.84. The highest BCUT2D eigenvalue weighted by molar-refractivity contribution is 6.74. The largest absolute Gasteiger partial charge is 0.508 e. The monoisotopic (exact) mass is 745 g/mol. The lowest BCUT2D eigenvalue weighted by atomic mass is 9.61. The Bertz CT molecular complexity index is 1310. The molecule has 1 N–H and O–H groups in total. The minimum absolute atomic E-state index is 0.0214. The van der Waals surface area contributed by atoms with Crippen LogP contribution in [-0.4, -0.2) is 58.4 Å². The van der Waals surface area contributed by atoms with Gasteiger partial charge >= 0.3 is 6.16 Å². The summed E-state index contributed by atoms with van der Waals surface area (Å²) >= 11 is 0. The normalized spacial score (nSPS) is 29.8. The fourth-order valence-corrected chi connectivity index (χ4v) is 10.7. The first-order chi connectivity index (χ1) is 23.3. The number of fused-ring (bicyclic) bond motifs is 1. The number of hydrogen-bond donors (Lipinski definition) is 1. The van der Waals surface area contributed by atoms with Crippen LogP contribution in [0.4, 0.5) is 4.79 Å². The number of ether oxygens (including phenoxy) is 2. The molecule has 51 heavy (non-hydrogen) atoms. The maximum Gasteiger partial charge on any atom is 0.508 e. The summed E-state index contributed by atoms with van der Waals surface area (Å²) in [6.07, 6.45) is 15.6. The van der Waals surface area contributed by atoms with E-state index in [4.69, 9.17) is 18.3 Å². The van der Waals surface area contributed by atoms with Gasteiger partial charge in [-0.2, -0.15) is 0 Å². The molecule has 292 valence electrons. The number of aliphatic hydroxyl groups is 1. The summed E-state index contributed by atoms with van der Waals surface area (Å²) in [4.78, 5) is 12.1. The third kappa shape index (κ3) is 10.6. The summed E-state index contributed by atoms with van der Waals surface area (Å²) in [6.45, 7) is 38.5. The van der Waals surface area contributed by atoms with Gasteiger partial charge in [-0.1, -0.05) is 98.8 Å². The van der Waals surface area contributed by atoms with Gasteiger partial charge in [-0.15, -0.1) is 0 Å². The Morgan fingerprint density at radius 2 is 1.59 bits per heavy atom. The molecule has 0 unspecified atom stereocenters. The molecule has 3 saturated carbocycles. The van der Waals surface area contributed by atoms with Crippen molar-refractivity contribution >= 4 is 22.8 Å². The Kier molecular flexibility index (Phi) is 14.2. The quantitative estimate of drug-likeness (QED) is 0.122. The van der Waals surface area contributed by atoms with Gasteiger partial charge in [0.25, 0.3) is 0 Å². The molecule has 3 aliphatic rings. The molecule has 6 nitrogen and oxygen atoms in total. The molecule has 7 atom stereocenters. The molecular weight excluding hydrogens is 669 g/mol. The van der Waals surface area contributed by atoms with Crippen LogP contribution in [0, 0.1) is 23.2 Å². The maximum atomic E-state index is 12.1. The van der Waals surface area contributed by atoms with Gasteiger partial charge in [-0.3, -0.25) is 0 Å². The van der Waals surface area contributed by atoms with E-state index in [1.54, 1.807) is 19.4 Å². The van der Waals surface area contributed by atoms with Crippen molar-refractivity contribution in [3.8, 4) is 0 Å². The maximum absolute atomic E-state index is 12.1. The molecule has 0 aliphatic heterocycles. The zero-order valence-corrected chi connectivity index (χ0v) is 37.3. The van der Waals surface area contributed by atoms with Gasteiger partial charge in [0.05, 0.1) is 18.8 Å².